The largest absolute Gasteiger partial charge is 0.444 e. The summed E-state index contributed by atoms with van der Waals surface area (Å²) in [5, 5.41) is 13.0. The molecule has 32 heavy (non-hydrogen) atoms. The highest BCUT2D eigenvalue weighted by atomic mass is 16.6. The molecule has 4 rings (SSSR count). The molecule has 9 heteroatoms. The number of rotatable bonds is 6. The van der Waals surface area contributed by atoms with Gasteiger partial charge in [-0.3, -0.25) is 4.57 Å². The summed E-state index contributed by atoms with van der Waals surface area (Å²) in [6, 6.07) is 12.0. The Kier molecular flexibility index (Phi) is 6.27. The number of alkyl carbamates (subject to hydrolysis) is 1. The van der Waals surface area contributed by atoms with E-state index in [9.17, 15) is 4.79 Å². The second-order valence-corrected chi connectivity index (χ2v) is 8.94. The number of methoxy groups -OCH3 is 1. The van der Waals surface area contributed by atoms with Crippen LogP contribution in [0.2, 0.25) is 0 Å². The molecule has 1 saturated heterocycles. The Hall–Kier alpha value is -3.20. The van der Waals surface area contributed by atoms with E-state index >= 15 is 0 Å². The summed E-state index contributed by atoms with van der Waals surface area (Å²) >= 11 is 0. The summed E-state index contributed by atoms with van der Waals surface area (Å²) < 4.78 is 12.8. The van der Waals surface area contributed by atoms with Gasteiger partial charge in [0, 0.05) is 25.6 Å². The third-order valence-electron chi connectivity index (χ3n) is 5.27. The average Bonchev–Trinajstić information content (AvgIpc) is 3.37. The van der Waals surface area contributed by atoms with E-state index in [1.54, 1.807) is 7.11 Å². The van der Waals surface area contributed by atoms with Crippen LogP contribution in [0.4, 0.5) is 10.7 Å². The number of nitrogens with one attached hydrogen (secondary N) is 1. The van der Waals surface area contributed by atoms with E-state index < -0.39 is 11.7 Å². The van der Waals surface area contributed by atoms with Crippen LogP contribution in [0.25, 0.3) is 22.4 Å². The van der Waals surface area contributed by atoms with E-state index in [4.69, 9.17) is 14.5 Å². The zero-order valence-corrected chi connectivity index (χ0v) is 19.0. The van der Waals surface area contributed by atoms with Crippen LogP contribution in [-0.4, -0.2) is 64.3 Å². The van der Waals surface area contributed by atoms with E-state index in [0.717, 1.165) is 35.5 Å². The highest BCUT2D eigenvalue weighted by molar-refractivity contribution is 5.80. The van der Waals surface area contributed by atoms with Crippen LogP contribution < -0.4 is 10.2 Å². The lowest BCUT2D eigenvalue weighted by molar-refractivity contribution is 0.0509. The molecule has 0 bridgehead atoms. The normalized spacial score (nSPS) is 16.5. The maximum atomic E-state index is 12.2. The van der Waals surface area contributed by atoms with Gasteiger partial charge in [0.05, 0.1) is 24.7 Å². The predicted octanol–water partition coefficient (Wildman–Crippen LogP) is 3.24. The second kappa shape index (κ2) is 9.12. The summed E-state index contributed by atoms with van der Waals surface area (Å²) in [4.78, 5) is 19.1. The van der Waals surface area contributed by atoms with Crippen molar-refractivity contribution >= 4 is 22.9 Å². The van der Waals surface area contributed by atoms with Gasteiger partial charge >= 0.3 is 6.09 Å². The number of anilines is 1. The molecule has 3 heterocycles. The third-order valence-corrected chi connectivity index (χ3v) is 5.27. The van der Waals surface area contributed by atoms with E-state index in [-0.39, 0.29) is 6.04 Å². The molecule has 1 aliphatic heterocycles. The van der Waals surface area contributed by atoms with Crippen molar-refractivity contribution < 1.29 is 14.3 Å². The Labute approximate surface area is 187 Å². The summed E-state index contributed by atoms with van der Waals surface area (Å²) in [5.41, 5.74) is 1.15. The molecule has 1 amide bonds. The van der Waals surface area contributed by atoms with Gasteiger partial charge in [0.2, 0.25) is 5.95 Å². The van der Waals surface area contributed by atoms with Crippen LogP contribution >= 0.6 is 0 Å². The van der Waals surface area contributed by atoms with Gasteiger partial charge < -0.3 is 19.7 Å². The number of carbonyl (C=O) groups is 1. The van der Waals surface area contributed by atoms with Crippen molar-refractivity contribution in [2.24, 2.45) is 0 Å². The van der Waals surface area contributed by atoms with E-state index in [2.05, 4.69) is 20.4 Å². The van der Waals surface area contributed by atoms with Gasteiger partial charge in [-0.15, -0.1) is 10.2 Å². The number of ether oxygens (including phenoxy) is 2. The molecular formula is C23H30N6O3. The van der Waals surface area contributed by atoms with Gasteiger partial charge in [-0.1, -0.05) is 24.3 Å². The summed E-state index contributed by atoms with van der Waals surface area (Å²) in [7, 11) is 1.68. The first-order valence-corrected chi connectivity index (χ1v) is 10.9. The van der Waals surface area contributed by atoms with Crippen molar-refractivity contribution in [3.63, 3.8) is 0 Å². The van der Waals surface area contributed by atoms with Crippen molar-refractivity contribution in [3.05, 3.63) is 36.4 Å². The van der Waals surface area contributed by atoms with E-state index in [0.29, 0.717) is 25.5 Å². The summed E-state index contributed by atoms with van der Waals surface area (Å²) in [6.07, 6.45) is 0.409. The van der Waals surface area contributed by atoms with Gasteiger partial charge in [0.25, 0.3) is 0 Å². The van der Waals surface area contributed by atoms with Crippen LogP contribution in [0.3, 0.4) is 0 Å². The fraction of sp³-hybridized carbons (Fsp3) is 0.478. The van der Waals surface area contributed by atoms with Crippen LogP contribution in [0, 0.1) is 0 Å². The van der Waals surface area contributed by atoms with Crippen molar-refractivity contribution in [2.45, 2.75) is 45.4 Å². The number of amides is 1. The Morgan fingerprint density at radius 3 is 2.78 bits per heavy atom. The Morgan fingerprint density at radius 1 is 1.19 bits per heavy atom. The van der Waals surface area contributed by atoms with E-state index in [1.165, 1.54) is 0 Å². The molecule has 9 nitrogen and oxygen atoms in total. The van der Waals surface area contributed by atoms with E-state index in [1.807, 2.05) is 61.7 Å². The minimum atomic E-state index is -0.523. The number of hydrogen-bond donors (Lipinski definition) is 1. The maximum Gasteiger partial charge on any atom is 0.407 e. The molecule has 1 N–H and O–H groups in total. The highest BCUT2D eigenvalue weighted by Crippen LogP contribution is 2.26. The predicted molar refractivity (Wildman–Crippen MR) is 123 cm³/mol. The van der Waals surface area contributed by atoms with Crippen molar-refractivity contribution in [2.75, 3.05) is 31.7 Å². The minimum Gasteiger partial charge on any atom is -0.444 e. The molecular weight excluding hydrogens is 408 g/mol. The van der Waals surface area contributed by atoms with Gasteiger partial charge in [-0.05, 0) is 39.3 Å². The smallest absolute Gasteiger partial charge is 0.407 e. The molecule has 0 radical (unpaired) electrons. The number of para-hydroxylation sites is 1. The molecule has 0 aliphatic carbocycles. The Morgan fingerprint density at radius 2 is 2.00 bits per heavy atom. The first kappa shape index (κ1) is 22.0. The van der Waals surface area contributed by atoms with Crippen molar-refractivity contribution in [1.82, 2.24) is 25.1 Å². The summed E-state index contributed by atoms with van der Waals surface area (Å²) in [5.74, 6) is 1.45. The minimum absolute atomic E-state index is 0.0142. The Bertz CT molecular complexity index is 1090. The zero-order chi connectivity index (χ0) is 22.7. The lowest BCUT2D eigenvalue weighted by atomic mass is 10.2. The fourth-order valence-corrected chi connectivity index (χ4v) is 3.83. The number of carbonyl (C=O) groups excluding carboxylic acids is 1. The first-order valence-electron chi connectivity index (χ1n) is 10.9. The summed E-state index contributed by atoms with van der Waals surface area (Å²) in [6.45, 7) is 8.09. The molecule has 170 valence electrons. The van der Waals surface area contributed by atoms with Gasteiger partial charge in [-0.2, -0.15) is 0 Å². The molecule has 1 fully saturated rings. The molecule has 3 aromatic rings. The van der Waals surface area contributed by atoms with Crippen LogP contribution in [-0.2, 0) is 16.0 Å². The fourth-order valence-electron chi connectivity index (χ4n) is 3.83. The van der Waals surface area contributed by atoms with Crippen LogP contribution in [0.5, 0.6) is 0 Å². The van der Waals surface area contributed by atoms with Gasteiger partial charge in [-0.25, -0.2) is 9.78 Å². The molecule has 0 unspecified atom stereocenters. The number of aromatic nitrogens is 4. The van der Waals surface area contributed by atoms with Gasteiger partial charge in [0.1, 0.15) is 11.3 Å². The number of hydrogen-bond acceptors (Lipinski definition) is 7. The lowest BCUT2D eigenvalue weighted by Gasteiger charge is -2.22. The van der Waals surface area contributed by atoms with Crippen molar-refractivity contribution in [1.29, 1.82) is 0 Å². The second-order valence-electron chi connectivity index (χ2n) is 8.94. The maximum absolute atomic E-state index is 12.2. The lowest BCUT2D eigenvalue weighted by Crippen LogP contribution is -2.40. The van der Waals surface area contributed by atoms with Crippen LogP contribution in [0.1, 0.15) is 27.2 Å². The van der Waals surface area contributed by atoms with Gasteiger partial charge in [0.15, 0.2) is 5.82 Å². The third kappa shape index (κ3) is 4.99. The molecule has 1 aromatic carbocycles. The molecule has 0 spiro atoms. The molecule has 1 aliphatic rings. The quantitative estimate of drug-likeness (QED) is 0.631. The monoisotopic (exact) mass is 438 g/mol. The first-order chi connectivity index (χ1) is 15.3. The number of pyridine rings is 1. The van der Waals surface area contributed by atoms with Crippen molar-refractivity contribution in [3.8, 4) is 11.5 Å². The van der Waals surface area contributed by atoms with Crippen LogP contribution in [0.15, 0.2) is 36.4 Å². The number of benzene rings is 1. The zero-order valence-electron chi connectivity index (χ0n) is 19.0. The molecule has 2 aromatic heterocycles. The number of nitrogens with zero attached hydrogens (tertiary/aromatic N) is 5. The standard InChI is InChI=1S/C23H30N6O3/c1-23(2,3)32-22(30)24-17-11-12-28(15-17)21-27-26-20(29(21)13-14-31-4)19-10-9-16-7-5-6-8-18(16)25-19/h5-10,17H,11-15H2,1-4H3,(H,24,30)/t17-/m0/s1. The molecule has 0 saturated carbocycles. The number of fused-ring (bicyclic) bond motifs is 1. The SMILES string of the molecule is COCCn1c(-c2ccc3ccccc3n2)nnc1N1CC[C@H](NC(=O)OC(C)(C)C)C1. The topological polar surface area (TPSA) is 94.4 Å². The average molecular weight is 439 g/mol. The molecule has 1 atom stereocenters. The highest BCUT2D eigenvalue weighted by Gasteiger charge is 2.30. The Balaban J connectivity index is 1.55.